The van der Waals surface area contributed by atoms with Crippen molar-refractivity contribution in [1.82, 2.24) is 10.6 Å². The van der Waals surface area contributed by atoms with Crippen LogP contribution in [0.2, 0.25) is 0 Å². The summed E-state index contributed by atoms with van der Waals surface area (Å²) in [6.45, 7) is 0.824. The Morgan fingerprint density at radius 3 is 1.96 bits per heavy atom. The zero-order valence-electron chi connectivity index (χ0n) is 13.0. The molecule has 6 nitrogen and oxygen atoms in total. The molecule has 2 rings (SSSR count). The van der Waals surface area contributed by atoms with Gasteiger partial charge in [0, 0.05) is 68.3 Å². The topological polar surface area (TPSA) is 98.7 Å². The van der Waals surface area contributed by atoms with E-state index in [1.54, 1.807) is 12.1 Å². The van der Waals surface area contributed by atoms with Gasteiger partial charge in [0.05, 0.1) is 0 Å². The number of hydrogen-bond acceptors (Lipinski definition) is 4. The molecule has 0 aliphatic rings. The number of carbonyl (C=O) groups excluding carboxylic acids is 2. The van der Waals surface area contributed by atoms with Crippen molar-refractivity contribution in [2.75, 3.05) is 13.1 Å². The first-order valence-corrected chi connectivity index (χ1v) is 7.21. The largest absolute Gasteiger partial charge is 0.508 e. The van der Waals surface area contributed by atoms with Crippen LogP contribution in [-0.4, -0.2) is 35.1 Å². The van der Waals surface area contributed by atoms with Gasteiger partial charge < -0.3 is 20.8 Å². The van der Waals surface area contributed by atoms with E-state index < -0.39 is 0 Å². The number of carbonyl (C=O) groups is 2. The minimum absolute atomic E-state index is 0. The third-order valence-corrected chi connectivity index (χ3v) is 3.16. The first-order valence-electron chi connectivity index (χ1n) is 7.21. The maximum atomic E-state index is 11.8. The van der Waals surface area contributed by atoms with Crippen LogP contribution >= 0.6 is 0 Å². The first kappa shape index (κ1) is 20.5. The van der Waals surface area contributed by atoms with Gasteiger partial charge >= 0.3 is 0 Å². The molecular weight excluding hydrogens is 523 g/mol. The maximum absolute atomic E-state index is 11.8. The Hall–Kier alpha value is -1.58. The SMILES string of the molecule is O=C(NCCCNC(=O)c1cccc(O)c1)c1ccc(O)cc1.[Ac]. The van der Waals surface area contributed by atoms with Crippen molar-refractivity contribution >= 4 is 11.8 Å². The molecule has 0 saturated heterocycles. The molecule has 0 unspecified atom stereocenters. The van der Waals surface area contributed by atoms with Gasteiger partial charge in [0.25, 0.3) is 11.8 Å². The van der Waals surface area contributed by atoms with Crippen LogP contribution in [0, 0.1) is 44.1 Å². The van der Waals surface area contributed by atoms with Gasteiger partial charge in [-0.15, -0.1) is 0 Å². The van der Waals surface area contributed by atoms with Gasteiger partial charge in [-0.05, 0) is 48.9 Å². The Morgan fingerprint density at radius 1 is 0.792 bits per heavy atom. The van der Waals surface area contributed by atoms with E-state index >= 15 is 0 Å². The molecule has 0 atom stereocenters. The summed E-state index contributed by atoms with van der Waals surface area (Å²) in [7, 11) is 0. The van der Waals surface area contributed by atoms with Crippen molar-refractivity contribution in [3.63, 3.8) is 0 Å². The molecule has 1 radical (unpaired) electrons. The number of benzene rings is 2. The van der Waals surface area contributed by atoms with Crippen LogP contribution in [0.3, 0.4) is 0 Å². The number of hydrogen-bond donors (Lipinski definition) is 4. The summed E-state index contributed by atoms with van der Waals surface area (Å²) >= 11 is 0. The van der Waals surface area contributed by atoms with Crippen LogP contribution in [0.5, 0.6) is 11.5 Å². The first-order chi connectivity index (χ1) is 11.1. The number of nitrogens with one attached hydrogen (secondary N) is 2. The summed E-state index contributed by atoms with van der Waals surface area (Å²) in [6, 6.07) is 12.1. The zero-order valence-corrected chi connectivity index (χ0v) is 17.8. The third-order valence-electron chi connectivity index (χ3n) is 3.16. The minimum Gasteiger partial charge on any atom is -0.508 e. The number of rotatable bonds is 6. The van der Waals surface area contributed by atoms with E-state index in [0.29, 0.717) is 30.6 Å². The molecular formula is C17H18AcN2O4. The second-order valence-electron chi connectivity index (χ2n) is 4.96. The van der Waals surface area contributed by atoms with E-state index in [4.69, 9.17) is 5.11 Å². The van der Waals surface area contributed by atoms with E-state index in [9.17, 15) is 14.7 Å². The second-order valence-corrected chi connectivity index (χ2v) is 4.96. The predicted octanol–water partition coefficient (Wildman–Crippen LogP) is 1.65. The minimum atomic E-state index is -0.272. The van der Waals surface area contributed by atoms with Crippen molar-refractivity contribution < 1.29 is 63.9 Å². The fourth-order valence-corrected chi connectivity index (χ4v) is 1.96. The molecule has 2 aromatic rings. The summed E-state index contributed by atoms with van der Waals surface area (Å²) in [5.74, 6) is -0.356. The van der Waals surface area contributed by atoms with Crippen LogP contribution in [-0.2, 0) is 0 Å². The van der Waals surface area contributed by atoms with E-state index in [1.807, 2.05) is 0 Å². The normalized spacial score (nSPS) is 9.67. The molecule has 2 aromatic carbocycles. The van der Waals surface area contributed by atoms with Crippen LogP contribution in [0.15, 0.2) is 48.5 Å². The number of amides is 2. The Balaban J connectivity index is 0.00000288. The molecule has 4 N–H and O–H groups in total. The Kier molecular flexibility index (Phi) is 8.80. The standard InChI is InChI=1S/C17H18N2O4.Ac/c20-14-7-5-12(6-8-14)16(22)18-9-2-10-19-17(23)13-3-1-4-15(21)11-13;/h1,3-8,11,20-21H,2,9-10H2,(H,18,22)(H,19,23);. The zero-order chi connectivity index (χ0) is 16.7. The van der Waals surface area contributed by atoms with Crippen LogP contribution in [0.1, 0.15) is 27.1 Å². The van der Waals surface area contributed by atoms with Crippen molar-refractivity contribution in [1.29, 1.82) is 0 Å². The Bertz CT molecular complexity index is 689. The number of phenols is 2. The molecule has 24 heavy (non-hydrogen) atoms. The molecule has 0 fully saturated rings. The number of phenolic OH excluding ortho intramolecular Hbond substituents is 2. The summed E-state index contributed by atoms with van der Waals surface area (Å²) in [5, 5.41) is 23.9. The van der Waals surface area contributed by atoms with Crippen LogP contribution < -0.4 is 10.6 Å². The molecule has 0 bridgehead atoms. The average Bonchev–Trinajstić information content (AvgIpc) is 2.54. The summed E-state index contributed by atoms with van der Waals surface area (Å²) < 4.78 is 0. The van der Waals surface area contributed by atoms with Gasteiger partial charge in [0.15, 0.2) is 0 Å². The molecule has 7 heteroatoms. The summed E-state index contributed by atoms with van der Waals surface area (Å²) in [4.78, 5) is 23.6. The molecule has 0 heterocycles. The molecule has 0 spiro atoms. The van der Waals surface area contributed by atoms with E-state index in [-0.39, 0.29) is 67.4 Å². The maximum Gasteiger partial charge on any atom is 0.251 e. The van der Waals surface area contributed by atoms with E-state index in [2.05, 4.69) is 10.6 Å². The molecule has 0 aliphatic carbocycles. The van der Waals surface area contributed by atoms with E-state index in [0.717, 1.165) is 0 Å². The fraction of sp³-hybridized carbons (Fsp3) is 0.176. The van der Waals surface area contributed by atoms with Gasteiger partial charge in [-0.3, -0.25) is 9.59 Å². The van der Waals surface area contributed by atoms with Crippen LogP contribution in [0.4, 0.5) is 0 Å². The van der Waals surface area contributed by atoms with E-state index in [1.165, 1.54) is 36.4 Å². The molecule has 2 amide bonds. The molecule has 0 aromatic heterocycles. The average molecular weight is 541 g/mol. The molecule has 123 valence electrons. The van der Waals surface area contributed by atoms with Gasteiger partial charge in [0.1, 0.15) is 11.5 Å². The van der Waals surface area contributed by atoms with Crippen LogP contribution in [0.25, 0.3) is 0 Å². The smallest absolute Gasteiger partial charge is 0.251 e. The number of aromatic hydroxyl groups is 2. The van der Waals surface area contributed by atoms with Gasteiger partial charge in [-0.1, -0.05) is 6.07 Å². The van der Waals surface area contributed by atoms with Gasteiger partial charge in [-0.2, -0.15) is 0 Å². The quantitative estimate of drug-likeness (QED) is 0.419. The van der Waals surface area contributed by atoms with Gasteiger partial charge in [-0.25, -0.2) is 0 Å². The predicted molar refractivity (Wildman–Crippen MR) is 85.5 cm³/mol. The third kappa shape index (κ3) is 6.50. The Labute approximate surface area is 175 Å². The molecule has 0 aliphatic heterocycles. The van der Waals surface area contributed by atoms with Crippen molar-refractivity contribution in [3.05, 3.63) is 59.7 Å². The Morgan fingerprint density at radius 2 is 1.38 bits per heavy atom. The summed E-state index contributed by atoms with van der Waals surface area (Å²) in [6.07, 6.45) is 0.578. The summed E-state index contributed by atoms with van der Waals surface area (Å²) in [5.41, 5.74) is 0.852. The fourth-order valence-electron chi connectivity index (χ4n) is 1.96. The van der Waals surface area contributed by atoms with Crippen molar-refractivity contribution in [2.45, 2.75) is 6.42 Å². The second kappa shape index (κ2) is 10.3. The van der Waals surface area contributed by atoms with Crippen molar-refractivity contribution in [2.24, 2.45) is 0 Å². The van der Waals surface area contributed by atoms with Gasteiger partial charge in [0.2, 0.25) is 0 Å². The molecule has 0 saturated carbocycles. The van der Waals surface area contributed by atoms with Crippen molar-refractivity contribution in [3.8, 4) is 11.5 Å². The monoisotopic (exact) mass is 541 g/mol.